The summed E-state index contributed by atoms with van der Waals surface area (Å²) >= 11 is 0. The van der Waals surface area contributed by atoms with Gasteiger partial charge < -0.3 is 0 Å². The Balaban J connectivity index is 3.14. The molecule has 0 unspecified atom stereocenters. The van der Waals surface area contributed by atoms with Gasteiger partial charge in [-0.1, -0.05) is 35.0 Å². The zero-order valence-corrected chi connectivity index (χ0v) is 5.81. The van der Waals surface area contributed by atoms with Crippen molar-refractivity contribution in [3.05, 3.63) is 29.8 Å². The minimum Gasteiger partial charge on any atom is -0.0679 e. The van der Waals surface area contributed by atoms with E-state index in [-0.39, 0.29) is 0 Å². The predicted molar refractivity (Wildman–Crippen MR) is 40.8 cm³/mol. The number of aryl methyl sites for hydroxylation is 1. The third-order valence-electron chi connectivity index (χ3n) is 1.15. The Labute approximate surface area is 56.6 Å². The van der Waals surface area contributed by atoms with Gasteiger partial charge in [-0.2, -0.15) is 0 Å². The highest BCUT2D eigenvalue weighted by Gasteiger charge is 1.83. The molecule has 0 fully saturated rings. The molecule has 0 N–H and O–H groups in total. The van der Waals surface area contributed by atoms with E-state index in [1.54, 1.807) is 12.1 Å². The molecule has 42 valence electrons. The molecule has 0 atom stereocenters. The molecule has 0 bridgehead atoms. The first kappa shape index (κ1) is 2.83. The average molecular weight is 128 g/mol. The quantitative estimate of drug-likeness (QED) is 0.467. The van der Waals surface area contributed by atoms with Crippen LogP contribution in [0.25, 0.3) is 0 Å². The lowest BCUT2D eigenvalue weighted by molar-refractivity contribution is 1.52. The standard InChI is InChI=1S/C7H10Si/c1-6-4-2-3-5-7(6)8/h2-5H,1,8H3/i8T3. The lowest BCUT2D eigenvalue weighted by Crippen LogP contribution is -2.04. The number of benzene rings is 1. The Kier molecular flexibility index (Phi) is 0.755. The fraction of sp³-hybridized carbons (Fsp3) is 0.143. The van der Waals surface area contributed by atoms with Crippen molar-refractivity contribution in [3.63, 3.8) is 0 Å². The molecular weight excluding hydrogens is 112 g/mol. The van der Waals surface area contributed by atoms with Crippen molar-refractivity contribution in [2.75, 3.05) is 0 Å². The van der Waals surface area contributed by atoms with Crippen LogP contribution in [-0.2, 0) is 0 Å². The molecule has 0 saturated carbocycles. The second-order valence-electron chi connectivity index (χ2n) is 1.81. The van der Waals surface area contributed by atoms with Gasteiger partial charge in [0, 0.05) is 13.7 Å². The molecule has 1 aromatic rings. The van der Waals surface area contributed by atoms with Crippen molar-refractivity contribution >= 4 is 15.2 Å². The second-order valence-corrected chi connectivity index (χ2v) is 2.35. The smallest absolute Gasteiger partial charge is 0.0388 e. The Morgan fingerprint density at radius 1 is 1.50 bits per heavy atom. The van der Waals surface area contributed by atoms with Gasteiger partial charge >= 0.3 is 0 Å². The van der Waals surface area contributed by atoms with Crippen LogP contribution >= 0.6 is 0 Å². The summed E-state index contributed by atoms with van der Waals surface area (Å²) in [7, 11) is -3.33. The summed E-state index contributed by atoms with van der Waals surface area (Å²) in [5, 5.41) is 0.583. The van der Waals surface area contributed by atoms with Crippen LogP contribution in [0.4, 0.5) is 0 Å². The van der Waals surface area contributed by atoms with E-state index in [0.29, 0.717) is 5.19 Å². The van der Waals surface area contributed by atoms with Gasteiger partial charge in [-0.25, -0.2) is 0 Å². The largest absolute Gasteiger partial charge is 0.0679 e. The summed E-state index contributed by atoms with van der Waals surface area (Å²) < 4.78 is 21.9. The van der Waals surface area contributed by atoms with Crippen molar-refractivity contribution < 1.29 is 0 Å². The average Bonchev–Trinajstić information content (AvgIpc) is 1.86. The van der Waals surface area contributed by atoms with Crippen LogP contribution in [0.5, 0.6) is 0 Å². The SMILES string of the molecule is [3H][Si]([3H])([3H])c1ccccc1C. The minimum absolute atomic E-state index is 0.583. The van der Waals surface area contributed by atoms with E-state index in [9.17, 15) is 0 Å². The fourth-order valence-corrected chi connectivity index (χ4v) is 0.752. The Morgan fingerprint density at radius 3 is 2.75 bits per heavy atom. The van der Waals surface area contributed by atoms with Crippen LogP contribution in [0.15, 0.2) is 24.3 Å². The van der Waals surface area contributed by atoms with E-state index in [2.05, 4.69) is 0 Å². The van der Waals surface area contributed by atoms with Crippen LogP contribution in [0, 0.1) is 6.92 Å². The lowest BCUT2D eigenvalue weighted by Gasteiger charge is -1.93. The molecule has 8 heavy (non-hydrogen) atoms. The van der Waals surface area contributed by atoms with Crippen molar-refractivity contribution in [1.29, 1.82) is 3.70 Å². The number of rotatable bonds is 1. The van der Waals surface area contributed by atoms with Crippen molar-refractivity contribution in [1.82, 2.24) is 0 Å². The molecule has 1 rings (SSSR count). The van der Waals surface area contributed by atoms with Crippen molar-refractivity contribution in [3.8, 4) is 0 Å². The molecule has 0 aliphatic rings. The highest BCUT2D eigenvalue weighted by atomic mass is 28.1. The van der Waals surface area contributed by atoms with E-state index in [1.807, 2.05) is 19.1 Å². The molecule has 0 aromatic heterocycles. The van der Waals surface area contributed by atoms with E-state index < -0.39 is 10.0 Å². The maximum atomic E-state index is 7.29. The molecule has 0 saturated heterocycles. The van der Waals surface area contributed by atoms with E-state index >= 15 is 0 Å². The van der Waals surface area contributed by atoms with Crippen LogP contribution in [0.2, 0.25) is 0 Å². The van der Waals surface area contributed by atoms with Crippen LogP contribution in [0.1, 0.15) is 5.56 Å². The maximum Gasteiger partial charge on any atom is 0.0388 e. The third-order valence-corrected chi connectivity index (χ3v) is 1.71. The van der Waals surface area contributed by atoms with Gasteiger partial charge in [0.2, 0.25) is 0 Å². The fourth-order valence-electron chi connectivity index (χ4n) is 0.573. The third kappa shape index (κ3) is 0.983. The monoisotopic (exact) mass is 128 g/mol. The molecule has 0 heterocycles. The molecule has 0 radical (unpaired) electrons. The van der Waals surface area contributed by atoms with Gasteiger partial charge in [0.15, 0.2) is 0 Å². The minimum atomic E-state index is -3.33. The normalized spacial score (nSPS) is 16.4. The molecule has 0 spiro atoms. The number of hydrogen-bond acceptors (Lipinski definition) is 0. The Morgan fingerprint density at radius 2 is 2.25 bits per heavy atom. The van der Waals surface area contributed by atoms with Crippen LogP contribution in [0.3, 0.4) is 0 Å². The van der Waals surface area contributed by atoms with Crippen molar-refractivity contribution in [2.24, 2.45) is 0 Å². The Bertz CT molecular complexity index is 254. The van der Waals surface area contributed by atoms with Gasteiger partial charge in [0.05, 0.1) is 0 Å². The summed E-state index contributed by atoms with van der Waals surface area (Å²) in [6.07, 6.45) is 0. The van der Waals surface area contributed by atoms with Gasteiger partial charge in [0.1, 0.15) is 0 Å². The predicted octanol–water partition coefficient (Wildman–Crippen LogP) is -0.0143. The highest BCUT2D eigenvalue weighted by Crippen LogP contribution is 1.88. The first-order valence-electron chi connectivity index (χ1n) is 4.08. The summed E-state index contributed by atoms with van der Waals surface area (Å²) in [5.74, 6) is 0. The lowest BCUT2D eigenvalue weighted by atomic mass is 10.2. The second kappa shape index (κ2) is 2.14. The summed E-state index contributed by atoms with van der Waals surface area (Å²) in [6, 6.07) is 7.18. The van der Waals surface area contributed by atoms with Crippen LogP contribution < -0.4 is 5.19 Å². The summed E-state index contributed by atoms with van der Waals surface area (Å²) in [6.45, 7) is 1.84. The molecular formula is C7H10Si. The topological polar surface area (TPSA) is 0 Å². The van der Waals surface area contributed by atoms with Gasteiger partial charge in [-0.05, 0) is 6.92 Å². The van der Waals surface area contributed by atoms with Gasteiger partial charge in [-0.15, -0.1) is 0 Å². The molecule has 1 aromatic carbocycles. The maximum absolute atomic E-state index is 7.29. The molecule has 0 amide bonds. The van der Waals surface area contributed by atoms with Crippen LogP contribution in [-0.4, -0.2) is 13.7 Å². The summed E-state index contributed by atoms with van der Waals surface area (Å²) in [4.78, 5) is 0. The number of hydrogen-bond donors (Lipinski definition) is 0. The highest BCUT2D eigenvalue weighted by molar-refractivity contribution is 6.33. The van der Waals surface area contributed by atoms with Gasteiger partial charge in [0.25, 0.3) is 0 Å². The van der Waals surface area contributed by atoms with E-state index in [0.717, 1.165) is 5.56 Å². The first-order chi connectivity index (χ1) is 5.02. The van der Waals surface area contributed by atoms with Crippen molar-refractivity contribution in [2.45, 2.75) is 6.92 Å². The van der Waals surface area contributed by atoms with Gasteiger partial charge in [-0.3, -0.25) is 0 Å². The molecule has 1 heteroatoms. The zero-order chi connectivity index (χ0) is 8.48. The molecule has 0 aliphatic heterocycles. The zero-order valence-electron chi connectivity index (χ0n) is 7.81. The first-order valence-corrected chi connectivity index (χ1v) is 3.08. The van der Waals surface area contributed by atoms with E-state index in [4.69, 9.17) is 3.70 Å². The van der Waals surface area contributed by atoms with E-state index in [1.165, 1.54) is 0 Å². The molecule has 0 aliphatic carbocycles. The molecule has 0 nitrogen and oxygen atoms in total. The Hall–Kier alpha value is -0.563. The summed E-state index contributed by atoms with van der Waals surface area (Å²) in [5.41, 5.74) is 0.888.